The first-order valence-electron chi connectivity index (χ1n) is 8.53. The number of rotatable bonds is 8. The van der Waals surface area contributed by atoms with Gasteiger partial charge in [0, 0.05) is 45.5 Å². The van der Waals surface area contributed by atoms with E-state index in [-0.39, 0.29) is 29.8 Å². The van der Waals surface area contributed by atoms with Gasteiger partial charge in [-0.2, -0.15) is 0 Å². The van der Waals surface area contributed by atoms with Crippen molar-refractivity contribution in [3.8, 4) is 11.6 Å². The van der Waals surface area contributed by atoms with E-state index in [9.17, 15) is 4.39 Å². The van der Waals surface area contributed by atoms with E-state index < -0.39 is 0 Å². The van der Waals surface area contributed by atoms with Gasteiger partial charge in [0.1, 0.15) is 11.6 Å². The third kappa shape index (κ3) is 7.94. The summed E-state index contributed by atoms with van der Waals surface area (Å²) in [6, 6.07) is 9.66. The molecule has 7 heteroatoms. The van der Waals surface area contributed by atoms with Gasteiger partial charge in [-0.25, -0.2) is 9.37 Å². The maximum Gasteiger partial charge on any atom is 0.219 e. The molecule has 0 aliphatic rings. The molecule has 1 aromatic carbocycles. The van der Waals surface area contributed by atoms with Crippen LogP contribution in [0.4, 0.5) is 4.39 Å². The molecule has 0 spiro atoms. The van der Waals surface area contributed by atoms with E-state index >= 15 is 0 Å². The predicted octanol–water partition coefficient (Wildman–Crippen LogP) is 4.60. The van der Waals surface area contributed by atoms with Gasteiger partial charge in [-0.3, -0.25) is 4.99 Å². The molecule has 0 saturated heterocycles. The molecule has 1 heterocycles. The Bertz CT molecular complexity index is 737. The Labute approximate surface area is 177 Å². The standard InChI is InChI=1S/C20H25FN4O.HI/c1-4-5-6-12-25(3)20(22-2)24-15-16-10-11-19(23-14-16)26-18-9-7-8-17(21)13-18;/h4,7-11,13-14H,1,5-6,12,15H2,2-3H3,(H,22,24);1H. The van der Waals surface area contributed by atoms with Crippen molar-refractivity contribution in [2.24, 2.45) is 4.99 Å². The van der Waals surface area contributed by atoms with Crippen LogP contribution >= 0.6 is 24.0 Å². The van der Waals surface area contributed by atoms with E-state index in [0.29, 0.717) is 18.2 Å². The van der Waals surface area contributed by atoms with Gasteiger partial charge < -0.3 is 15.0 Å². The Morgan fingerprint density at radius 3 is 2.81 bits per heavy atom. The van der Waals surface area contributed by atoms with Gasteiger partial charge in [-0.15, -0.1) is 30.6 Å². The second-order valence-corrected chi connectivity index (χ2v) is 5.82. The molecule has 5 nitrogen and oxygen atoms in total. The summed E-state index contributed by atoms with van der Waals surface area (Å²) in [4.78, 5) is 10.6. The van der Waals surface area contributed by atoms with Crippen molar-refractivity contribution in [3.05, 3.63) is 66.6 Å². The van der Waals surface area contributed by atoms with Crippen LogP contribution in [-0.2, 0) is 6.54 Å². The number of hydrogen-bond donors (Lipinski definition) is 1. The van der Waals surface area contributed by atoms with Crippen molar-refractivity contribution in [3.63, 3.8) is 0 Å². The molecule has 0 aliphatic heterocycles. The summed E-state index contributed by atoms with van der Waals surface area (Å²) in [7, 11) is 3.77. The summed E-state index contributed by atoms with van der Waals surface area (Å²) >= 11 is 0. The van der Waals surface area contributed by atoms with Crippen LogP contribution in [0.25, 0.3) is 0 Å². The number of nitrogens with zero attached hydrogens (tertiary/aromatic N) is 3. The van der Waals surface area contributed by atoms with Crippen molar-refractivity contribution in [2.75, 3.05) is 20.6 Å². The second kappa shape index (κ2) is 12.3. The maximum absolute atomic E-state index is 13.2. The molecule has 2 aromatic rings. The molecule has 0 amide bonds. The zero-order valence-electron chi connectivity index (χ0n) is 15.7. The van der Waals surface area contributed by atoms with Gasteiger partial charge in [-0.1, -0.05) is 18.2 Å². The molecule has 2 rings (SSSR count). The van der Waals surface area contributed by atoms with Gasteiger partial charge in [0.15, 0.2) is 5.96 Å². The van der Waals surface area contributed by atoms with E-state index in [1.807, 2.05) is 19.2 Å². The number of halogens is 2. The minimum absolute atomic E-state index is 0. The molecule has 0 saturated carbocycles. The molecule has 0 bridgehead atoms. The first kappa shape index (κ1) is 22.9. The number of hydrogen-bond acceptors (Lipinski definition) is 3. The average Bonchev–Trinajstić information content (AvgIpc) is 2.64. The topological polar surface area (TPSA) is 49.8 Å². The van der Waals surface area contributed by atoms with Gasteiger partial charge in [0.2, 0.25) is 5.88 Å². The van der Waals surface area contributed by atoms with Crippen molar-refractivity contribution < 1.29 is 9.13 Å². The van der Waals surface area contributed by atoms with Crippen LogP contribution in [0.1, 0.15) is 18.4 Å². The lowest BCUT2D eigenvalue weighted by molar-refractivity contribution is 0.457. The van der Waals surface area contributed by atoms with E-state index in [1.165, 1.54) is 12.1 Å². The number of pyridine rings is 1. The molecule has 1 aromatic heterocycles. The van der Waals surface area contributed by atoms with Gasteiger partial charge >= 0.3 is 0 Å². The number of ether oxygens (including phenoxy) is 1. The highest BCUT2D eigenvalue weighted by atomic mass is 127. The highest BCUT2D eigenvalue weighted by Gasteiger charge is 2.06. The summed E-state index contributed by atoms with van der Waals surface area (Å²) in [5, 5.41) is 3.31. The Kier molecular flexibility index (Phi) is 10.4. The molecule has 0 aliphatic carbocycles. The fraction of sp³-hybridized carbons (Fsp3) is 0.300. The zero-order chi connectivity index (χ0) is 18.8. The summed E-state index contributed by atoms with van der Waals surface area (Å²) in [6.45, 7) is 5.25. The lowest BCUT2D eigenvalue weighted by atomic mass is 10.3. The van der Waals surface area contributed by atoms with Crippen LogP contribution in [-0.4, -0.2) is 36.5 Å². The highest BCUT2D eigenvalue weighted by molar-refractivity contribution is 14.0. The monoisotopic (exact) mass is 484 g/mol. The average molecular weight is 484 g/mol. The van der Waals surface area contributed by atoms with Crippen molar-refractivity contribution in [1.82, 2.24) is 15.2 Å². The first-order chi connectivity index (χ1) is 12.6. The Morgan fingerprint density at radius 1 is 1.37 bits per heavy atom. The molecule has 0 radical (unpaired) electrons. The van der Waals surface area contributed by atoms with Gasteiger partial charge in [-0.05, 0) is 30.5 Å². The fourth-order valence-corrected chi connectivity index (χ4v) is 2.37. The maximum atomic E-state index is 13.2. The van der Waals surface area contributed by atoms with Crippen LogP contribution in [0.3, 0.4) is 0 Å². The third-order valence-electron chi connectivity index (χ3n) is 3.74. The Morgan fingerprint density at radius 2 is 2.19 bits per heavy atom. The Hall–Kier alpha value is -2.16. The minimum atomic E-state index is -0.341. The zero-order valence-corrected chi connectivity index (χ0v) is 18.0. The summed E-state index contributed by atoms with van der Waals surface area (Å²) < 4.78 is 18.7. The quantitative estimate of drug-likeness (QED) is 0.196. The van der Waals surface area contributed by atoms with Crippen molar-refractivity contribution in [2.45, 2.75) is 19.4 Å². The van der Waals surface area contributed by atoms with E-state index in [4.69, 9.17) is 4.74 Å². The van der Waals surface area contributed by atoms with Gasteiger partial charge in [0.05, 0.1) is 0 Å². The smallest absolute Gasteiger partial charge is 0.219 e. The predicted molar refractivity (Wildman–Crippen MR) is 118 cm³/mol. The molecule has 0 fully saturated rings. The third-order valence-corrected chi connectivity index (χ3v) is 3.74. The van der Waals surface area contributed by atoms with Crippen molar-refractivity contribution in [1.29, 1.82) is 0 Å². The number of allylic oxidation sites excluding steroid dienone is 1. The summed E-state index contributed by atoms with van der Waals surface area (Å²) in [6.07, 6.45) is 5.67. The van der Waals surface area contributed by atoms with Crippen LogP contribution < -0.4 is 10.1 Å². The molecule has 27 heavy (non-hydrogen) atoms. The lowest BCUT2D eigenvalue weighted by Crippen LogP contribution is -2.38. The molecule has 1 N–H and O–H groups in total. The van der Waals surface area contributed by atoms with Crippen LogP contribution in [0.15, 0.2) is 60.2 Å². The number of benzene rings is 1. The molecule has 0 atom stereocenters. The summed E-state index contributed by atoms with van der Waals surface area (Å²) in [5.74, 6) is 1.33. The van der Waals surface area contributed by atoms with E-state index in [0.717, 1.165) is 30.9 Å². The number of aliphatic imine (C=N–C) groups is 1. The Balaban J connectivity index is 0.00000364. The molecular weight excluding hydrogens is 458 g/mol. The van der Waals surface area contributed by atoms with E-state index in [1.54, 1.807) is 31.4 Å². The number of nitrogens with one attached hydrogen (secondary N) is 1. The molecule has 146 valence electrons. The molecule has 0 unspecified atom stereocenters. The fourth-order valence-electron chi connectivity index (χ4n) is 2.37. The normalized spacial score (nSPS) is 10.7. The largest absolute Gasteiger partial charge is 0.439 e. The van der Waals surface area contributed by atoms with Crippen molar-refractivity contribution >= 4 is 29.9 Å². The first-order valence-corrected chi connectivity index (χ1v) is 8.53. The van der Waals surface area contributed by atoms with Crippen LogP contribution in [0.5, 0.6) is 11.6 Å². The van der Waals surface area contributed by atoms with E-state index in [2.05, 4.69) is 26.8 Å². The van der Waals surface area contributed by atoms with Gasteiger partial charge in [0.25, 0.3) is 0 Å². The number of unbranched alkanes of at least 4 members (excludes halogenated alkanes) is 1. The number of aromatic nitrogens is 1. The summed E-state index contributed by atoms with van der Waals surface area (Å²) in [5.41, 5.74) is 0.997. The molecular formula is C20H26FIN4O. The highest BCUT2D eigenvalue weighted by Crippen LogP contribution is 2.19. The second-order valence-electron chi connectivity index (χ2n) is 5.82. The SMILES string of the molecule is C=CCCCN(C)C(=NC)NCc1ccc(Oc2cccc(F)c2)nc1.I. The van der Waals surface area contributed by atoms with Crippen LogP contribution in [0.2, 0.25) is 0 Å². The minimum Gasteiger partial charge on any atom is -0.439 e. The lowest BCUT2D eigenvalue weighted by Gasteiger charge is -2.21. The van der Waals surface area contributed by atoms with Crippen LogP contribution in [0, 0.1) is 5.82 Å². The number of guanidine groups is 1.